The van der Waals surface area contributed by atoms with E-state index in [0.717, 1.165) is 21.9 Å². The molecule has 0 atom stereocenters. The van der Waals surface area contributed by atoms with Crippen LogP contribution in [0.4, 0.5) is 0 Å². The fraction of sp³-hybridized carbons (Fsp3) is 0. The molecule has 4 heteroatoms. The van der Waals surface area contributed by atoms with Crippen molar-refractivity contribution in [2.24, 2.45) is 0 Å². The maximum absolute atomic E-state index is 12.3. The van der Waals surface area contributed by atoms with Gasteiger partial charge in [-0.2, -0.15) is 5.26 Å². The van der Waals surface area contributed by atoms with Gasteiger partial charge in [0.05, 0.1) is 17.0 Å². The van der Waals surface area contributed by atoms with Gasteiger partial charge in [0.15, 0.2) is 0 Å². The summed E-state index contributed by atoms with van der Waals surface area (Å²) < 4.78 is 5.35. The first kappa shape index (κ1) is 14.5. The molecule has 4 rings (SSSR count). The highest BCUT2D eigenvalue weighted by Crippen LogP contribution is 2.31. The largest absolute Gasteiger partial charge is 0.422 e. The number of rotatable bonds is 1. The highest BCUT2D eigenvalue weighted by Gasteiger charge is 2.13. The molecule has 0 saturated heterocycles. The van der Waals surface area contributed by atoms with Crippen LogP contribution >= 0.6 is 11.6 Å². The summed E-state index contributed by atoms with van der Waals surface area (Å²) in [4.78, 5) is 12.3. The van der Waals surface area contributed by atoms with E-state index in [0.29, 0.717) is 21.6 Å². The second-order valence-corrected chi connectivity index (χ2v) is 5.88. The van der Waals surface area contributed by atoms with Gasteiger partial charge in [0.2, 0.25) is 0 Å². The normalized spacial score (nSPS) is 10.8. The monoisotopic (exact) mass is 331 g/mol. The molecule has 0 aliphatic carbocycles. The Morgan fingerprint density at radius 2 is 1.67 bits per heavy atom. The molecule has 24 heavy (non-hydrogen) atoms. The van der Waals surface area contributed by atoms with Gasteiger partial charge in [-0.15, -0.1) is 0 Å². The first-order valence-electron chi connectivity index (χ1n) is 7.33. The van der Waals surface area contributed by atoms with E-state index in [1.807, 2.05) is 36.4 Å². The molecule has 0 N–H and O–H groups in total. The Morgan fingerprint density at radius 1 is 0.917 bits per heavy atom. The predicted molar refractivity (Wildman–Crippen MR) is 95.2 cm³/mol. The van der Waals surface area contributed by atoms with E-state index in [1.165, 1.54) is 0 Å². The maximum Gasteiger partial charge on any atom is 0.344 e. The molecule has 1 aromatic heterocycles. The van der Waals surface area contributed by atoms with Gasteiger partial charge >= 0.3 is 5.63 Å². The van der Waals surface area contributed by atoms with Crippen molar-refractivity contribution in [1.82, 2.24) is 0 Å². The number of nitriles is 1. The van der Waals surface area contributed by atoms with E-state index in [9.17, 15) is 10.1 Å². The first-order valence-corrected chi connectivity index (χ1v) is 7.71. The average Bonchev–Trinajstić information content (AvgIpc) is 2.61. The summed E-state index contributed by atoms with van der Waals surface area (Å²) in [5.41, 5.74) is 2.14. The summed E-state index contributed by atoms with van der Waals surface area (Å²) in [5, 5.41) is 12.1. The standard InChI is InChI=1S/C20H10ClNO2/c21-14-7-5-12(6-8-14)16-10-17-15-3-1-2-4-19(15)24-20(23)18(17)9-13(16)11-22/h1-10H. The van der Waals surface area contributed by atoms with Gasteiger partial charge in [-0.3, -0.25) is 0 Å². The minimum absolute atomic E-state index is 0.406. The Kier molecular flexibility index (Phi) is 3.34. The van der Waals surface area contributed by atoms with Gasteiger partial charge in [-0.05, 0) is 35.9 Å². The summed E-state index contributed by atoms with van der Waals surface area (Å²) in [5.74, 6) is 0. The Balaban J connectivity index is 2.14. The van der Waals surface area contributed by atoms with Crippen LogP contribution in [0.1, 0.15) is 5.56 Å². The van der Waals surface area contributed by atoms with Crippen LogP contribution in [0.3, 0.4) is 0 Å². The lowest BCUT2D eigenvalue weighted by Crippen LogP contribution is -2.01. The third-order valence-electron chi connectivity index (χ3n) is 4.03. The molecule has 0 aliphatic heterocycles. The van der Waals surface area contributed by atoms with Crippen LogP contribution in [0.5, 0.6) is 0 Å². The Labute approximate surface area is 142 Å². The fourth-order valence-electron chi connectivity index (χ4n) is 2.89. The number of hydrogen-bond acceptors (Lipinski definition) is 3. The van der Waals surface area contributed by atoms with Gasteiger partial charge in [-0.1, -0.05) is 41.9 Å². The smallest absolute Gasteiger partial charge is 0.344 e. The van der Waals surface area contributed by atoms with Crippen LogP contribution < -0.4 is 5.63 Å². The second kappa shape index (κ2) is 5.52. The third kappa shape index (κ3) is 2.25. The summed E-state index contributed by atoms with van der Waals surface area (Å²) >= 11 is 5.95. The third-order valence-corrected chi connectivity index (χ3v) is 4.29. The highest BCUT2D eigenvalue weighted by atomic mass is 35.5. The minimum atomic E-state index is -0.442. The number of fused-ring (bicyclic) bond motifs is 3. The molecule has 3 nitrogen and oxygen atoms in total. The molecular formula is C20H10ClNO2. The van der Waals surface area contributed by atoms with Crippen LogP contribution in [0.25, 0.3) is 32.9 Å². The lowest BCUT2D eigenvalue weighted by Gasteiger charge is -2.08. The predicted octanol–water partition coefficient (Wildman–Crippen LogP) is 5.14. The average molecular weight is 332 g/mol. The minimum Gasteiger partial charge on any atom is -0.422 e. The lowest BCUT2D eigenvalue weighted by atomic mass is 9.95. The molecule has 0 amide bonds. The fourth-order valence-corrected chi connectivity index (χ4v) is 3.01. The molecule has 0 fully saturated rings. The molecule has 0 saturated carbocycles. The topological polar surface area (TPSA) is 54.0 Å². The van der Waals surface area contributed by atoms with Gasteiger partial charge in [-0.25, -0.2) is 4.79 Å². The summed E-state index contributed by atoms with van der Waals surface area (Å²) in [6.45, 7) is 0. The first-order chi connectivity index (χ1) is 11.7. The van der Waals surface area contributed by atoms with Crippen LogP contribution in [-0.4, -0.2) is 0 Å². The molecular weight excluding hydrogens is 322 g/mol. The number of halogens is 1. The van der Waals surface area contributed by atoms with Gasteiger partial charge in [0, 0.05) is 21.4 Å². The zero-order valence-corrected chi connectivity index (χ0v) is 13.2. The Morgan fingerprint density at radius 3 is 2.42 bits per heavy atom. The number of para-hydroxylation sites is 1. The van der Waals surface area contributed by atoms with Crippen molar-refractivity contribution in [3.8, 4) is 17.2 Å². The molecule has 3 aromatic carbocycles. The summed E-state index contributed by atoms with van der Waals surface area (Å²) in [6, 6.07) is 20.3. The number of nitrogens with zero attached hydrogens (tertiary/aromatic N) is 1. The summed E-state index contributed by atoms with van der Waals surface area (Å²) in [7, 11) is 0. The van der Waals surface area contributed by atoms with E-state index < -0.39 is 5.63 Å². The maximum atomic E-state index is 12.3. The van der Waals surface area contributed by atoms with Crippen LogP contribution in [0.15, 0.2) is 69.9 Å². The van der Waals surface area contributed by atoms with Crippen molar-refractivity contribution in [1.29, 1.82) is 5.26 Å². The van der Waals surface area contributed by atoms with Gasteiger partial charge < -0.3 is 4.42 Å². The van der Waals surface area contributed by atoms with Crippen molar-refractivity contribution in [2.75, 3.05) is 0 Å². The van der Waals surface area contributed by atoms with Crippen molar-refractivity contribution in [3.63, 3.8) is 0 Å². The molecule has 0 radical (unpaired) electrons. The van der Waals surface area contributed by atoms with Crippen molar-refractivity contribution < 1.29 is 4.42 Å². The van der Waals surface area contributed by atoms with Crippen molar-refractivity contribution in [2.45, 2.75) is 0 Å². The van der Waals surface area contributed by atoms with E-state index in [4.69, 9.17) is 16.0 Å². The van der Waals surface area contributed by atoms with Crippen LogP contribution in [0.2, 0.25) is 5.02 Å². The molecule has 0 bridgehead atoms. The zero-order chi connectivity index (χ0) is 16.7. The molecule has 0 aliphatic rings. The molecule has 0 unspecified atom stereocenters. The lowest BCUT2D eigenvalue weighted by molar-refractivity contribution is 0.569. The highest BCUT2D eigenvalue weighted by molar-refractivity contribution is 6.30. The zero-order valence-electron chi connectivity index (χ0n) is 12.4. The SMILES string of the molecule is N#Cc1cc2c(=O)oc3ccccc3c2cc1-c1ccc(Cl)cc1. The van der Waals surface area contributed by atoms with E-state index >= 15 is 0 Å². The van der Waals surface area contributed by atoms with Crippen LogP contribution in [0, 0.1) is 11.3 Å². The van der Waals surface area contributed by atoms with Crippen molar-refractivity contribution >= 4 is 33.3 Å². The van der Waals surface area contributed by atoms with E-state index in [1.54, 1.807) is 24.3 Å². The quantitative estimate of drug-likeness (QED) is 0.358. The van der Waals surface area contributed by atoms with Crippen LogP contribution in [-0.2, 0) is 0 Å². The second-order valence-electron chi connectivity index (χ2n) is 5.45. The number of hydrogen-bond donors (Lipinski definition) is 0. The van der Waals surface area contributed by atoms with Crippen molar-refractivity contribution in [3.05, 3.63) is 81.7 Å². The molecule has 1 heterocycles. The van der Waals surface area contributed by atoms with E-state index in [2.05, 4.69) is 6.07 Å². The number of benzene rings is 3. The molecule has 4 aromatic rings. The van der Waals surface area contributed by atoms with Gasteiger partial charge in [0.25, 0.3) is 0 Å². The Hall–Kier alpha value is -3.09. The Bertz CT molecular complexity index is 1180. The molecule has 0 spiro atoms. The van der Waals surface area contributed by atoms with Gasteiger partial charge in [0.1, 0.15) is 5.58 Å². The molecule has 114 valence electrons. The van der Waals surface area contributed by atoms with E-state index in [-0.39, 0.29) is 0 Å². The summed E-state index contributed by atoms with van der Waals surface area (Å²) in [6.07, 6.45) is 0.